The van der Waals surface area contributed by atoms with Gasteiger partial charge in [0.05, 0.1) is 0 Å². The number of rotatable bonds is 2. The Morgan fingerprint density at radius 1 is 0.727 bits per heavy atom. The molecule has 0 N–H and O–H groups in total. The summed E-state index contributed by atoms with van der Waals surface area (Å²) in [7, 11) is 0. The molecule has 0 aliphatic rings. The van der Waals surface area contributed by atoms with Crippen LogP contribution in [-0.2, 0) is 1.47 Å². The molecule has 0 saturated carbocycles. The Hall–Kier alpha value is 1.12. The van der Waals surface area contributed by atoms with Crippen molar-refractivity contribution in [2.45, 2.75) is 8.45 Å². The van der Waals surface area contributed by atoms with Gasteiger partial charge in [-0.2, -0.15) is 0 Å². The van der Waals surface area contributed by atoms with Crippen molar-refractivity contribution in [3.8, 4) is 0 Å². The van der Waals surface area contributed by atoms with Crippen molar-refractivity contribution in [2.75, 3.05) is 0 Å². The fourth-order valence-electron chi connectivity index (χ4n) is 0.0942. The molecule has 0 spiro atoms. The van der Waals surface area contributed by atoms with E-state index in [1.807, 2.05) is 0 Å². The fraction of sp³-hybridized carbons (Fsp3) is 1.00. The summed E-state index contributed by atoms with van der Waals surface area (Å²) in [6, 6.07) is 0. The maximum atomic E-state index is 11.2. The first-order valence-electron chi connectivity index (χ1n) is 1.88. The Morgan fingerprint density at radius 2 is 1.00 bits per heavy atom. The van der Waals surface area contributed by atoms with Crippen molar-refractivity contribution >= 4 is 42.7 Å². The van der Waals surface area contributed by atoms with Crippen LogP contribution in [0.25, 0.3) is 0 Å². The van der Waals surface area contributed by atoms with Crippen LogP contribution in [0.3, 0.4) is 0 Å². The minimum absolute atomic E-state index is 2.92. The Balaban J connectivity index is 3.44. The molecule has 0 heterocycles. The molecular formula is C2F6OTe2. The summed E-state index contributed by atoms with van der Waals surface area (Å²) in [5, 5.41) is 0. The van der Waals surface area contributed by atoms with Gasteiger partial charge in [0.2, 0.25) is 0 Å². The van der Waals surface area contributed by atoms with Crippen LogP contribution in [0.5, 0.6) is 0 Å². The third kappa shape index (κ3) is 11.1. The predicted molar refractivity (Wildman–Crippen MR) is 24.7 cm³/mol. The summed E-state index contributed by atoms with van der Waals surface area (Å²) >= 11 is -5.83. The predicted octanol–water partition coefficient (Wildman–Crippen LogP) is 1.28. The number of alkyl halides is 6. The molecule has 0 aliphatic carbocycles. The van der Waals surface area contributed by atoms with E-state index in [1.54, 1.807) is 0 Å². The fourth-order valence-corrected chi connectivity index (χ4v) is 4.24. The van der Waals surface area contributed by atoms with E-state index in [1.165, 1.54) is 0 Å². The number of hydrogen-bond donors (Lipinski definition) is 0. The van der Waals surface area contributed by atoms with E-state index in [-0.39, 0.29) is 0 Å². The Labute approximate surface area is 78.7 Å². The zero-order chi connectivity index (χ0) is 9.12. The second-order valence-electron chi connectivity index (χ2n) is 1.13. The molecule has 9 heteroatoms. The van der Waals surface area contributed by atoms with Crippen LogP contribution in [0.1, 0.15) is 0 Å². The van der Waals surface area contributed by atoms with Crippen LogP contribution < -0.4 is 0 Å². The van der Waals surface area contributed by atoms with Crippen molar-refractivity contribution in [1.82, 2.24) is 0 Å². The summed E-state index contributed by atoms with van der Waals surface area (Å²) < 4.78 is 61.8. The SMILES string of the molecule is FC(F)(F)[Te]O[Te]C(F)(F)F. The van der Waals surface area contributed by atoms with Gasteiger partial charge in [0.1, 0.15) is 0 Å². The molecule has 0 radical (unpaired) electrons. The molecule has 0 fully saturated rings. The average Bonchev–Trinajstić information content (AvgIpc) is 1.55. The third-order valence-corrected chi connectivity index (χ3v) is 4.33. The second kappa shape index (κ2) is 4.38. The van der Waals surface area contributed by atoms with Gasteiger partial charge >= 0.3 is 78.9 Å². The molecule has 0 atom stereocenters. The molecule has 0 saturated heterocycles. The van der Waals surface area contributed by atoms with Gasteiger partial charge in [-0.3, -0.25) is 0 Å². The summed E-state index contributed by atoms with van der Waals surface area (Å²) in [5.41, 5.74) is 0. The second-order valence-corrected chi connectivity index (χ2v) is 7.71. The van der Waals surface area contributed by atoms with E-state index < -0.39 is 51.1 Å². The van der Waals surface area contributed by atoms with Crippen LogP contribution >= 0.6 is 0 Å². The van der Waals surface area contributed by atoms with Gasteiger partial charge in [0.25, 0.3) is 0 Å². The molecule has 11 heavy (non-hydrogen) atoms. The molecule has 0 rings (SSSR count). The van der Waals surface area contributed by atoms with Gasteiger partial charge in [-0.25, -0.2) is 0 Å². The molecule has 0 aromatic heterocycles. The van der Waals surface area contributed by atoms with Gasteiger partial charge in [0, 0.05) is 0 Å². The van der Waals surface area contributed by atoms with Gasteiger partial charge in [-0.05, 0) is 0 Å². The third-order valence-electron chi connectivity index (χ3n) is 0.257. The van der Waals surface area contributed by atoms with Crippen molar-refractivity contribution < 1.29 is 27.8 Å². The van der Waals surface area contributed by atoms with Gasteiger partial charge in [-0.15, -0.1) is 0 Å². The van der Waals surface area contributed by atoms with Crippen LogP contribution in [0.15, 0.2) is 0 Å². The van der Waals surface area contributed by atoms with E-state index in [2.05, 4.69) is 1.47 Å². The standard InChI is InChI=1S/C2F6OTe2/c3-1(4,5)10-9-11-2(6,7)8. The average molecular weight is 409 g/mol. The van der Waals surface area contributed by atoms with Crippen molar-refractivity contribution in [3.05, 3.63) is 0 Å². The zero-order valence-electron chi connectivity index (χ0n) is 4.49. The van der Waals surface area contributed by atoms with Crippen LogP contribution in [0.2, 0.25) is 0 Å². The Morgan fingerprint density at radius 3 is 1.18 bits per heavy atom. The molecule has 0 aromatic rings. The molecule has 68 valence electrons. The minimum atomic E-state index is -4.54. The first-order valence-corrected chi connectivity index (χ1v) is 6.11. The number of hydrogen-bond acceptors (Lipinski definition) is 1. The first kappa shape index (κ1) is 12.1. The molecule has 0 amide bonds. The summed E-state index contributed by atoms with van der Waals surface area (Å²) in [6.45, 7) is 0. The molecule has 0 unspecified atom stereocenters. The quantitative estimate of drug-likeness (QED) is 0.494. The molecule has 0 aliphatic heterocycles. The topological polar surface area (TPSA) is 9.23 Å². The Bertz CT molecular complexity index is 103. The van der Waals surface area contributed by atoms with Gasteiger partial charge in [0.15, 0.2) is 0 Å². The van der Waals surface area contributed by atoms with E-state index in [0.29, 0.717) is 0 Å². The maximum absolute atomic E-state index is 11.2. The van der Waals surface area contributed by atoms with Gasteiger partial charge < -0.3 is 0 Å². The summed E-state index contributed by atoms with van der Waals surface area (Å²) in [5.74, 6) is 0. The van der Waals surface area contributed by atoms with E-state index in [4.69, 9.17) is 0 Å². The van der Waals surface area contributed by atoms with Gasteiger partial charge in [-0.1, -0.05) is 0 Å². The number of halogens is 6. The molecule has 0 bridgehead atoms. The van der Waals surface area contributed by atoms with Crippen molar-refractivity contribution in [3.63, 3.8) is 0 Å². The van der Waals surface area contributed by atoms with Crippen LogP contribution in [0, 0.1) is 0 Å². The van der Waals surface area contributed by atoms with Crippen LogP contribution in [0.4, 0.5) is 26.3 Å². The molecule has 0 aromatic carbocycles. The Kier molecular flexibility index (Phi) is 4.83. The summed E-state index contributed by atoms with van der Waals surface area (Å²) in [6.07, 6.45) is 0. The summed E-state index contributed by atoms with van der Waals surface area (Å²) in [4.78, 5) is 0. The van der Waals surface area contributed by atoms with Crippen molar-refractivity contribution in [1.29, 1.82) is 0 Å². The normalized spacial score (nSPS) is 13.6. The van der Waals surface area contributed by atoms with E-state index in [0.717, 1.165) is 0 Å². The molecular weight excluding hydrogens is 409 g/mol. The first-order chi connectivity index (χ1) is 4.71. The van der Waals surface area contributed by atoms with Crippen LogP contribution in [-0.4, -0.2) is 51.1 Å². The monoisotopic (exact) mass is 414 g/mol. The van der Waals surface area contributed by atoms with E-state index in [9.17, 15) is 26.3 Å². The van der Waals surface area contributed by atoms with Crippen molar-refractivity contribution in [2.24, 2.45) is 0 Å². The van der Waals surface area contributed by atoms with E-state index >= 15 is 0 Å². The zero-order valence-corrected chi connectivity index (χ0v) is 9.15. The molecule has 1 nitrogen and oxygen atoms in total.